The molecule has 0 atom stereocenters. The number of rotatable bonds is 15. The monoisotopic (exact) mass is 556 g/mol. The lowest BCUT2D eigenvalue weighted by molar-refractivity contribution is -0.115. The highest BCUT2D eigenvalue weighted by molar-refractivity contribution is 8.82. The van der Waals surface area contributed by atoms with Gasteiger partial charge in [-0.1, -0.05) is 99.3 Å². The van der Waals surface area contributed by atoms with E-state index in [9.17, 15) is 4.79 Å². The molecule has 2 aliphatic rings. The summed E-state index contributed by atoms with van der Waals surface area (Å²) in [5, 5.41) is 0. The Bertz CT molecular complexity index is 1050. The van der Waals surface area contributed by atoms with E-state index in [0.717, 1.165) is 59.7 Å². The summed E-state index contributed by atoms with van der Waals surface area (Å²) >= 11 is 0. The maximum atomic E-state index is 12.5. The third-order valence-electron chi connectivity index (χ3n) is 6.51. The molecule has 1 heterocycles. The Morgan fingerprint density at radius 1 is 0.789 bits per heavy atom. The van der Waals surface area contributed by atoms with Crippen molar-refractivity contribution >= 4 is 32.3 Å². The average molecular weight is 557 g/mol. The van der Waals surface area contributed by atoms with E-state index in [1.54, 1.807) is 28.7 Å². The highest BCUT2D eigenvalue weighted by Crippen LogP contribution is 2.48. The van der Waals surface area contributed by atoms with Gasteiger partial charge in [0.1, 0.15) is 5.75 Å². The first kappa shape index (κ1) is 31.9. The second-order valence-corrected chi connectivity index (χ2v) is 11.4. The molecule has 0 saturated carbocycles. The highest BCUT2D eigenvalue weighted by Gasteiger charge is 2.30. The molecule has 0 aromatic heterocycles. The number of carbonyl (C=O) groups is 1. The molecule has 6 heteroatoms. The molecule has 1 aliphatic heterocycles. The number of unbranched alkanes of at least 4 members (excludes halogenated alkanes) is 7. The first-order chi connectivity index (χ1) is 18.5. The summed E-state index contributed by atoms with van der Waals surface area (Å²) in [4.78, 5) is 14.9. The van der Waals surface area contributed by atoms with Gasteiger partial charge < -0.3 is 14.2 Å². The normalized spacial score (nSPS) is 15.4. The summed E-state index contributed by atoms with van der Waals surface area (Å²) < 4.78 is 16.5. The number of methoxy groups -OCH3 is 2. The standard InChI is InChI=1S/C30H38O4S2.C2H6/c1-21-20-27(36-35-21)24-15-17-25(18-16-24)34-19-13-11-9-7-6-8-10-12-14-26-22(2)28(31)30(33-5)29(32-4)23(26)3;1-2/h15-18,20H,1,3,6-14,19H2,2,4-5H3;1-2H3. The molecule has 4 nitrogen and oxygen atoms in total. The maximum Gasteiger partial charge on any atom is 0.227 e. The summed E-state index contributed by atoms with van der Waals surface area (Å²) in [6.07, 6.45) is 12.4. The van der Waals surface area contributed by atoms with Crippen molar-refractivity contribution in [3.8, 4) is 5.75 Å². The highest BCUT2D eigenvalue weighted by atomic mass is 33.1. The molecule has 1 aromatic carbocycles. The van der Waals surface area contributed by atoms with Crippen LogP contribution in [0.1, 0.15) is 84.1 Å². The van der Waals surface area contributed by atoms with Crippen molar-refractivity contribution in [3.63, 3.8) is 0 Å². The second-order valence-electron chi connectivity index (χ2n) is 9.07. The Balaban J connectivity index is 0.00000247. The fourth-order valence-corrected chi connectivity index (χ4v) is 6.47. The summed E-state index contributed by atoms with van der Waals surface area (Å²) in [6, 6.07) is 8.36. The van der Waals surface area contributed by atoms with Gasteiger partial charge in [-0.25, -0.2) is 0 Å². The van der Waals surface area contributed by atoms with Crippen molar-refractivity contribution in [1.29, 1.82) is 0 Å². The van der Waals surface area contributed by atoms with Crippen molar-refractivity contribution in [2.24, 2.45) is 0 Å². The molecule has 0 unspecified atom stereocenters. The smallest absolute Gasteiger partial charge is 0.227 e. The molecule has 208 valence electrons. The Kier molecular flexibility index (Phi) is 14.5. The Morgan fingerprint density at radius 2 is 1.37 bits per heavy atom. The number of carbonyl (C=O) groups excluding carboxylic acids is 1. The van der Waals surface area contributed by atoms with E-state index >= 15 is 0 Å². The fourth-order valence-electron chi connectivity index (χ4n) is 4.44. The van der Waals surface area contributed by atoms with Crippen LogP contribution in [0.2, 0.25) is 0 Å². The predicted molar refractivity (Wildman–Crippen MR) is 165 cm³/mol. The van der Waals surface area contributed by atoms with Crippen LogP contribution < -0.4 is 4.74 Å². The van der Waals surface area contributed by atoms with Crippen LogP contribution in [0.15, 0.2) is 76.6 Å². The molecule has 0 N–H and O–H groups in total. The topological polar surface area (TPSA) is 44.8 Å². The number of hydrogen-bond acceptors (Lipinski definition) is 6. The fraction of sp³-hybridized carbons (Fsp3) is 0.469. The van der Waals surface area contributed by atoms with Gasteiger partial charge in [0.2, 0.25) is 11.5 Å². The van der Waals surface area contributed by atoms with Crippen LogP contribution in [-0.2, 0) is 14.3 Å². The SMILES string of the molecule is C=C1C=C(c2ccc(OCCCCCCCCCCC3=C(C)C(=O)C(OC)=C(OC)C3=C)cc2)SS1.CC. The van der Waals surface area contributed by atoms with Crippen LogP contribution in [0.4, 0.5) is 0 Å². The third-order valence-corrected chi connectivity index (χ3v) is 8.89. The summed E-state index contributed by atoms with van der Waals surface area (Å²) in [5.74, 6) is 1.57. The number of ether oxygens (including phenoxy) is 3. The van der Waals surface area contributed by atoms with Gasteiger partial charge in [-0.2, -0.15) is 0 Å². The second kappa shape index (κ2) is 17.3. The molecule has 1 aromatic rings. The van der Waals surface area contributed by atoms with Crippen molar-refractivity contribution in [2.75, 3.05) is 20.8 Å². The van der Waals surface area contributed by atoms with E-state index in [4.69, 9.17) is 14.2 Å². The first-order valence-electron chi connectivity index (χ1n) is 13.7. The Labute approximate surface area is 238 Å². The number of allylic oxidation sites excluding steroid dienone is 3. The van der Waals surface area contributed by atoms with E-state index in [1.807, 2.05) is 20.8 Å². The Hall–Kier alpha value is -2.31. The summed E-state index contributed by atoms with van der Waals surface area (Å²) in [7, 11) is 6.53. The molecule has 0 radical (unpaired) electrons. The molecule has 0 saturated heterocycles. The van der Waals surface area contributed by atoms with Crippen LogP contribution in [0.5, 0.6) is 5.75 Å². The zero-order valence-corrected chi connectivity index (χ0v) is 25.5. The summed E-state index contributed by atoms with van der Waals surface area (Å²) in [5.41, 5.74) is 3.73. The van der Waals surface area contributed by atoms with Crippen molar-refractivity contribution in [3.05, 3.63) is 82.2 Å². The van der Waals surface area contributed by atoms with Gasteiger partial charge in [0.15, 0.2) is 5.76 Å². The van der Waals surface area contributed by atoms with Crippen LogP contribution in [-0.4, -0.2) is 26.6 Å². The molecular formula is C32H44O4S2. The van der Waals surface area contributed by atoms with E-state index < -0.39 is 0 Å². The van der Waals surface area contributed by atoms with Crippen LogP contribution in [0.3, 0.4) is 0 Å². The van der Waals surface area contributed by atoms with E-state index in [2.05, 4.69) is 43.5 Å². The van der Waals surface area contributed by atoms with E-state index in [1.165, 1.54) is 49.7 Å². The number of benzene rings is 1. The largest absolute Gasteiger partial charge is 0.494 e. The minimum atomic E-state index is -0.0932. The van der Waals surface area contributed by atoms with Crippen LogP contribution >= 0.6 is 21.6 Å². The number of ketones is 1. The van der Waals surface area contributed by atoms with Crippen LogP contribution in [0.25, 0.3) is 4.91 Å². The predicted octanol–water partition coefficient (Wildman–Crippen LogP) is 9.81. The Morgan fingerprint density at radius 3 is 1.92 bits per heavy atom. The van der Waals surface area contributed by atoms with Gasteiger partial charge in [0, 0.05) is 21.0 Å². The maximum absolute atomic E-state index is 12.5. The van der Waals surface area contributed by atoms with Gasteiger partial charge >= 0.3 is 0 Å². The minimum Gasteiger partial charge on any atom is -0.494 e. The lowest BCUT2D eigenvalue weighted by Gasteiger charge is -2.23. The van der Waals surface area contributed by atoms with Gasteiger partial charge in [0.05, 0.1) is 20.8 Å². The van der Waals surface area contributed by atoms with E-state index in [-0.39, 0.29) is 11.5 Å². The van der Waals surface area contributed by atoms with Crippen molar-refractivity contribution in [2.45, 2.75) is 78.6 Å². The number of Topliss-reactive ketones (excluding diaryl/α,β-unsaturated/α-hetero) is 1. The molecule has 0 bridgehead atoms. The zero-order valence-electron chi connectivity index (χ0n) is 23.8. The lowest BCUT2D eigenvalue weighted by Crippen LogP contribution is -2.19. The average Bonchev–Trinajstić information content (AvgIpc) is 3.38. The minimum absolute atomic E-state index is 0.0932. The molecule has 38 heavy (non-hydrogen) atoms. The first-order valence-corrected chi connectivity index (χ1v) is 15.9. The number of hydrogen-bond donors (Lipinski definition) is 0. The molecule has 1 aliphatic carbocycles. The van der Waals surface area contributed by atoms with Crippen LogP contribution in [0, 0.1) is 0 Å². The quantitative estimate of drug-likeness (QED) is 0.158. The van der Waals surface area contributed by atoms with E-state index in [0.29, 0.717) is 5.76 Å². The van der Waals surface area contributed by atoms with Gasteiger partial charge in [0.25, 0.3) is 0 Å². The molecule has 0 fully saturated rings. The van der Waals surface area contributed by atoms with Crippen molar-refractivity contribution < 1.29 is 19.0 Å². The molecule has 0 amide bonds. The zero-order chi connectivity index (χ0) is 27.9. The molecule has 3 rings (SSSR count). The molecular weight excluding hydrogens is 512 g/mol. The lowest BCUT2D eigenvalue weighted by atomic mass is 9.87. The third kappa shape index (κ3) is 9.16. The summed E-state index contributed by atoms with van der Waals surface area (Å²) in [6.45, 7) is 14.8. The molecule has 0 spiro atoms. The van der Waals surface area contributed by atoms with Gasteiger partial charge in [-0.15, -0.1) is 0 Å². The van der Waals surface area contributed by atoms with Crippen molar-refractivity contribution in [1.82, 2.24) is 0 Å². The van der Waals surface area contributed by atoms with Gasteiger partial charge in [-0.3, -0.25) is 4.79 Å². The van der Waals surface area contributed by atoms with Gasteiger partial charge in [-0.05, 0) is 55.5 Å².